The van der Waals surface area contributed by atoms with Crippen molar-refractivity contribution in [3.63, 3.8) is 0 Å². The van der Waals surface area contributed by atoms with Crippen LogP contribution >= 0.6 is 11.6 Å². The molecule has 6 nitrogen and oxygen atoms in total. The Hall–Kier alpha value is -3.12. The lowest BCUT2D eigenvalue weighted by Crippen LogP contribution is -2.54. The van der Waals surface area contributed by atoms with Crippen molar-refractivity contribution in [2.75, 3.05) is 11.5 Å². The Morgan fingerprint density at radius 2 is 1.78 bits per heavy atom. The number of para-hydroxylation sites is 1. The first-order valence-corrected chi connectivity index (χ1v) is 8.78. The quantitative estimate of drug-likeness (QED) is 0.628. The molecule has 0 atom stereocenters. The van der Waals surface area contributed by atoms with Gasteiger partial charge in [-0.05, 0) is 42.8 Å². The third-order valence-electron chi connectivity index (χ3n) is 3.87. The van der Waals surface area contributed by atoms with Gasteiger partial charge in [0.1, 0.15) is 11.3 Å². The minimum atomic E-state index is -0.806. The van der Waals surface area contributed by atoms with Gasteiger partial charge in [0.25, 0.3) is 11.8 Å². The zero-order valence-electron chi connectivity index (χ0n) is 14.6. The Morgan fingerprint density at radius 3 is 2.48 bits per heavy atom. The molecule has 3 rings (SSSR count). The summed E-state index contributed by atoms with van der Waals surface area (Å²) in [6.07, 6.45) is 2.25. The zero-order chi connectivity index (χ0) is 19.4. The highest BCUT2D eigenvalue weighted by Gasteiger charge is 2.36. The summed E-state index contributed by atoms with van der Waals surface area (Å²) in [5, 5.41) is 2.66. The van der Waals surface area contributed by atoms with Crippen LogP contribution in [0.15, 0.2) is 54.1 Å². The van der Waals surface area contributed by atoms with E-state index in [1.807, 2.05) is 6.92 Å². The van der Waals surface area contributed by atoms with Crippen LogP contribution in [0.2, 0.25) is 5.02 Å². The Balaban J connectivity index is 1.99. The van der Waals surface area contributed by atoms with Gasteiger partial charge in [-0.1, -0.05) is 36.7 Å². The van der Waals surface area contributed by atoms with Gasteiger partial charge in [0.05, 0.1) is 12.3 Å². The molecule has 1 N–H and O–H groups in total. The van der Waals surface area contributed by atoms with Gasteiger partial charge in [-0.15, -0.1) is 0 Å². The molecule has 2 aromatic carbocycles. The number of amides is 4. The van der Waals surface area contributed by atoms with Gasteiger partial charge in [0, 0.05) is 10.6 Å². The number of rotatable bonds is 5. The maximum Gasteiger partial charge on any atom is 0.335 e. The Kier molecular flexibility index (Phi) is 5.57. The fraction of sp³-hybridized carbons (Fsp3) is 0.150. The van der Waals surface area contributed by atoms with Crippen molar-refractivity contribution in [2.45, 2.75) is 13.3 Å². The van der Waals surface area contributed by atoms with E-state index in [1.54, 1.807) is 36.4 Å². The van der Waals surface area contributed by atoms with Gasteiger partial charge in [-0.2, -0.15) is 0 Å². The summed E-state index contributed by atoms with van der Waals surface area (Å²) in [6, 6.07) is 12.5. The number of hydrogen-bond donors (Lipinski definition) is 1. The van der Waals surface area contributed by atoms with E-state index in [2.05, 4.69) is 5.32 Å². The van der Waals surface area contributed by atoms with E-state index in [0.717, 1.165) is 11.3 Å². The second kappa shape index (κ2) is 8.05. The summed E-state index contributed by atoms with van der Waals surface area (Å²) in [6.45, 7) is 2.49. The smallest absolute Gasteiger partial charge is 0.335 e. The summed E-state index contributed by atoms with van der Waals surface area (Å²) >= 11 is 5.86. The van der Waals surface area contributed by atoms with Crippen LogP contribution in [0.25, 0.3) is 6.08 Å². The molecule has 0 spiro atoms. The highest BCUT2D eigenvalue weighted by atomic mass is 35.5. The van der Waals surface area contributed by atoms with E-state index in [-0.39, 0.29) is 5.57 Å². The lowest BCUT2D eigenvalue weighted by Gasteiger charge is -2.26. The van der Waals surface area contributed by atoms with Crippen LogP contribution in [0, 0.1) is 0 Å². The number of urea groups is 1. The molecule has 1 aliphatic heterocycles. The second-order valence-electron chi connectivity index (χ2n) is 5.82. The number of barbiturate groups is 1. The molecule has 1 saturated heterocycles. The highest BCUT2D eigenvalue weighted by molar-refractivity contribution is 6.39. The molecule has 0 radical (unpaired) electrons. The van der Waals surface area contributed by atoms with Gasteiger partial charge in [0.15, 0.2) is 0 Å². The predicted octanol–water partition coefficient (Wildman–Crippen LogP) is 3.80. The molecule has 27 heavy (non-hydrogen) atoms. The van der Waals surface area contributed by atoms with Crippen LogP contribution in [0.1, 0.15) is 18.9 Å². The number of carbonyl (C=O) groups excluding carboxylic acids is 3. The molecule has 2 aromatic rings. The van der Waals surface area contributed by atoms with Crippen molar-refractivity contribution in [2.24, 2.45) is 0 Å². The van der Waals surface area contributed by atoms with Crippen molar-refractivity contribution in [1.29, 1.82) is 0 Å². The first-order chi connectivity index (χ1) is 13.0. The predicted molar refractivity (Wildman–Crippen MR) is 103 cm³/mol. The molecular formula is C20H17ClN2O4. The minimum Gasteiger partial charge on any atom is -0.493 e. The number of hydrogen-bond acceptors (Lipinski definition) is 4. The highest BCUT2D eigenvalue weighted by Crippen LogP contribution is 2.26. The van der Waals surface area contributed by atoms with Crippen LogP contribution in [0.4, 0.5) is 10.5 Å². The van der Waals surface area contributed by atoms with E-state index < -0.39 is 17.8 Å². The average Bonchev–Trinajstić information content (AvgIpc) is 2.65. The molecule has 1 aliphatic rings. The normalized spacial score (nSPS) is 15.9. The van der Waals surface area contributed by atoms with Crippen LogP contribution in [0.3, 0.4) is 0 Å². The maximum absolute atomic E-state index is 12.9. The number of anilines is 1. The molecule has 7 heteroatoms. The Bertz CT molecular complexity index is 922. The second-order valence-corrected chi connectivity index (χ2v) is 6.26. The zero-order valence-corrected chi connectivity index (χ0v) is 15.3. The van der Waals surface area contributed by atoms with Crippen LogP contribution in [-0.4, -0.2) is 24.5 Å². The molecule has 1 heterocycles. The number of benzene rings is 2. The lowest BCUT2D eigenvalue weighted by atomic mass is 10.1. The third-order valence-corrected chi connectivity index (χ3v) is 4.12. The van der Waals surface area contributed by atoms with Crippen molar-refractivity contribution in [1.82, 2.24) is 5.32 Å². The number of nitrogens with zero attached hydrogens (tertiary/aromatic N) is 1. The van der Waals surface area contributed by atoms with Gasteiger partial charge in [-0.3, -0.25) is 14.9 Å². The summed E-state index contributed by atoms with van der Waals surface area (Å²) < 4.78 is 5.66. The monoisotopic (exact) mass is 384 g/mol. The van der Waals surface area contributed by atoms with Crippen molar-refractivity contribution < 1.29 is 19.1 Å². The number of halogens is 1. The molecule has 0 aliphatic carbocycles. The van der Waals surface area contributed by atoms with E-state index >= 15 is 0 Å². The Morgan fingerprint density at radius 1 is 1.07 bits per heavy atom. The van der Waals surface area contributed by atoms with E-state index in [4.69, 9.17) is 16.3 Å². The van der Waals surface area contributed by atoms with Gasteiger partial charge in [-0.25, -0.2) is 9.69 Å². The molecule has 0 bridgehead atoms. The topological polar surface area (TPSA) is 75.7 Å². The van der Waals surface area contributed by atoms with Gasteiger partial charge >= 0.3 is 6.03 Å². The van der Waals surface area contributed by atoms with Crippen molar-refractivity contribution >= 4 is 41.2 Å². The first-order valence-electron chi connectivity index (χ1n) is 8.40. The lowest BCUT2D eigenvalue weighted by molar-refractivity contribution is -0.122. The largest absolute Gasteiger partial charge is 0.493 e. The van der Waals surface area contributed by atoms with Crippen molar-refractivity contribution in [3.05, 3.63) is 64.7 Å². The molecule has 0 aromatic heterocycles. The number of imide groups is 2. The first kappa shape index (κ1) is 18.7. The number of ether oxygens (including phenoxy) is 1. The molecule has 0 unspecified atom stereocenters. The fourth-order valence-corrected chi connectivity index (χ4v) is 2.71. The SMILES string of the molecule is CCCOc1ccccc1/C=C1\C(=O)NC(=O)N(c2ccc(Cl)cc2)C1=O. The Labute approximate surface area is 161 Å². The van der Waals surface area contributed by atoms with Crippen LogP contribution < -0.4 is 15.0 Å². The van der Waals surface area contributed by atoms with Crippen LogP contribution in [0.5, 0.6) is 5.75 Å². The summed E-state index contributed by atoms with van der Waals surface area (Å²) in [5.41, 5.74) is 0.739. The van der Waals surface area contributed by atoms with Gasteiger partial charge < -0.3 is 4.74 Å². The van der Waals surface area contributed by atoms with Crippen molar-refractivity contribution in [3.8, 4) is 5.75 Å². The molecular weight excluding hydrogens is 368 g/mol. The van der Waals surface area contributed by atoms with E-state index in [9.17, 15) is 14.4 Å². The number of nitrogens with one attached hydrogen (secondary N) is 1. The third kappa shape index (κ3) is 4.01. The summed E-state index contributed by atoms with van der Waals surface area (Å²) in [7, 11) is 0. The summed E-state index contributed by atoms with van der Waals surface area (Å²) in [5.74, 6) is -0.903. The maximum atomic E-state index is 12.9. The van der Waals surface area contributed by atoms with E-state index in [1.165, 1.54) is 18.2 Å². The average molecular weight is 385 g/mol. The molecule has 4 amide bonds. The number of carbonyl (C=O) groups is 3. The minimum absolute atomic E-state index is 0.155. The summed E-state index contributed by atoms with van der Waals surface area (Å²) in [4.78, 5) is 38.2. The van der Waals surface area contributed by atoms with E-state index in [0.29, 0.717) is 28.6 Å². The fourth-order valence-electron chi connectivity index (χ4n) is 2.58. The van der Waals surface area contributed by atoms with Crippen LogP contribution in [-0.2, 0) is 9.59 Å². The van der Waals surface area contributed by atoms with Gasteiger partial charge in [0.2, 0.25) is 0 Å². The molecule has 1 fully saturated rings. The molecule has 138 valence electrons. The standard InChI is InChI=1S/C20H17ClN2O4/c1-2-11-27-17-6-4-3-5-13(17)12-16-18(24)22-20(26)23(19(16)25)15-9-7-14(21)8-10-15/h3-10,12H,2,11H2,1H3,(H,22,24,26)/b16-12+. The molecule has 0 saturated carbocycles.